The van der Waals surface area contributed by atoms with E-state index in [0.717, 1.165) is 24.3 Å². The van der Waals surface area contributed by atoms with Gasteiger partial charge in [-0.05, 0) is 43.2 Å². The Morgan fingerprint density at radius 2 is 2.11 bits per heavy atom. The number of sulfonamides is 1. The van der Waals surface area contributed by atoms with Gasteiger partial charge >= 0.3 is 0 Å². The highest BCUT2D eigenvalue weighted by Crippen LogP contribution is 2.17. The van der Waals surface area contributed by atoms with Gasteiger partial charge in [0.2, 0.25) is 15.9 Å². The van der Waals surface area contributed by atoms with Crippen molar-refractivity contribution in [2.24, 2.45) is 0 Å². The fourth-order valence-corrected chi connectivity index (χ4v) is 4.23. The average molecular weight is 388 g/mol. The molecule has 0 bridgehead atoms. The maximum Gasteiger partial charge on any atom is 0.240 e. The summed E-state index contributed by atoms with van der Waals surface area (Å²) in [5.74, 6) is 0.745. The van der Waals surface area contributed by atoms with Gasteiger partial charge in [0.05, 0.1) is 4.90 Å². The molecule has 1 fully saturated rings. The number of aryl methyl sites for hydroxylation is 1. The number of carbonyl (C=O) groups excluding carboxylic acids is 1. The van der Waals surface area contributed by atoms with Crippen molar-refractivity contribution in [2.75, 3.05) is 24.5 Å². The van der Waals surface area contributed by atoms with E-state index in [2.05, 4.69) is 19.9 Å². The van der Waals surface area contributed by atoms with E-state index in [1.165, 1.54) is 0 Å². The van der Waals surface area contributed by atoms with E-state index in [1.54, 1.807) is 24.4 Å². The molecule has 8 heteroatoms. The average Bonchev–Trinajstić information content (AvgIpc) is 3.11. The van der Waals surface area contributed by atoms with Gasteiger partial charge < -0.3 is 10.2 Å². The largest absolute Gasteiger partial charge is 0.354 e. The Kier molecular flexibility index (Phi) is 6.08. The minimum Gasteiger partial charge on any atom is -0.354 e. The first-order valence-electron chi connectivity index (χ1n) is 8.96. The predicted octanol–water partition coefficient (Wildman–Crippen LogP) is 1.45. The van der Waals surface area contributed by atoms with Crippen LogP contribution in [0.4, 0.5) is 5.82 Å². The van der Waals surface area contributed by atoms with Gasteiger partial charge in [0.15, 0.2) is 0 Å². The third-order valence-corrected chi connectivity index (χ3v) is 5.93. The van der Waals surface area contributed by atoms with E-state index < -0.39 is 10.0 Å². The van der Waals surface area contributed by atoms with Gasteiger partial charge in [-0.1, -0.05) is 18.2 Å². The van der Waals surface area contributed by atoms with Gasteiger partial charge in [-0.3, -0.25) is 4.79 Å². The topological polar surface area (TPSA) is 91.4 Å². The minimum atomic E-state index is -3.60. The molecular weight excluding hydrogens is 364 g/mol. The van der Waals surface area contributed by atoms with Crippen molar-refractivity contribution in [3.8, 4) is 0 Å². The van der Waals surface area contributed by atoms with E-state index in [-0.39, 0.29) is 29.8 Å². The van der Waals surface area contributed by atoms with Crippen molar-refractivity contribution >= 4 is 21.7 Å². The molecule has 1 amide bonds. The highest BCUT2D eigenvalue weighted by Gasteiger charge is 2.24. The van der Waals surface area contributed by atoms with Gasteiger partial charge in [0.25, 0.3) is 0 Å². The van der Waals surface area contributed by atoms with E-state index in [1.807, 2.05) is 31.2 Å². The van der Waals surface area contributed by atoms with Crippen LogP contribution in [-0.2, 0) is 14.8 Å². The van der Waals surface area contributed by atoms with Crippen LogP contribution < -0.4 is 14.9 Å². The standard InChI is InChI=1S/C19H24N4O3S/c1-15-5-4-6-17(13-15)27(25,26)21-11-8-19(24)22-16-9-12-23(14-16)18-7-2-3-10-20-18/h2-7,10,13,16,21H,8-9,11-12,14H2,1H3,(H,22,24)/t16-/m0/s1. The second-order valence-electron chi connectivity index (χ2n) is 6.65. The molecule has 1 atom stereocenters. The molecule has 2 aromatic rings. The van der Waals surface area contributed by atoms with Gasteiger partial charge in [-0.25, -0.2) is 18.1 Å². The highest BCUT2D eigenvalue weighted by atomic mass is 32.2. The number of nitrogens with one attached hydrogen (secondary N) is 2. The van der Waals surface area contributed by atoms with E-state index in [9.17, 15) is 13.2 Å². The van der Waals surface area contributed by atoms with Crippen molar-refractivity contribution in [1.82, 2.24) is 15.0 Å². The lowest BCUT2D eigenvalue weighted by Crippen LogP contribution is -2.39. The number of pyridine rings is 1. The van der Waals surface area contributed by atoms with Crippen LogP contribution in [0.3, 0.4) is 0 Å². The van der Waals surface area contributed by atoms with Crippen LogP contribution in [0.15, 0.2) is 53.6 Å². The molecule has 1 aromatic heterocycles. The van der Waals surface area contributed by atoms with Gasteiger partial charge in [-0.15, -0.1) is 0 Å². The summed E-state index contributed by atoms with van der Waals surface area (Å²) in [6.07, 6.45) is 2.70. The molecule has 0 saturated carbocycles. The zero-order valence-corrected chi connectivity index (χ0v) is 16.1. The number of anilines is 1. The molecule has 0 spiro atoms. The van der Waals surface area contributed by atoms with E-state index in [4.69, 9.17) is 0 Å². The van der Waals surface area contributed by atoms with Crippen molar-refractivity contribution in [2.45, 2.75) is 30.7 Å². The maximum absolute atomic E-state index is 12.3. The molecule has 1 saturated heterocycles. The summed E-state index contributed by atoms with van der Waals surface area (Å²) in [5.41, 5.74) is 0.870. The number of nitrogens with zero attached hydrogens (tertiary/aromatic N) is 2. The Morgan fingerprint density at radius 1 is 1.26 bits per heavy atom. The highest BCUT2D eigenvalue weighted by molar-refractivity contribution is 7.89. The lowest BCUT2D eigenvalue weighted by molar-refractivity contribution is -0.121. The van der Waals surface area contributed by atoms with Crippen LogP contribution in [0.2, 0.25) is 0 Å². The Labute approximate surface area is 159 Å². The first-order chi connectivity index (χ1) is 12.9. The van der Waals surface area contributed by atoms with Gasteiger partial charge in [-0.2, -0.15) is 0 Å². The second kappa shape index (κ2) is 8.49. The molecule has 0 aliphatic carbocycles. The van der Waals surface area contributed by atoms with Crippen LogP contribution in [0.5, 0.6) is 0 Å². The summed E-state index contributed by atoms with van der Waals surface area (Å²) in [5, 5.41) is 2.97. The van der Waals surface area contributed by atoms with E-state index in [0.29, 0.717) is 6.54 Å². The quantitative estimate of drug-likeness (QED) is 0.749. The van der Waals surface area contributed by atoms with E-state index >= 15 is 0 Å². The summed E-state index contributed by atoms with van der Waals surface area (Å²) in [7, 11) is -3.60. The molecule has 0 unspecified atom stereocenters. The Bertz CT molecular complexity index is 887. The molecule has 7 nitrogen and oxygen atoms in total. The lowest BCUT2D eigenvalue weighted by atomic mass is 10.2. The zero-order valence-electron chi connectivity index (χ0n) is 15.3. The third kappa shape index (κ3) is 5.27. The SMILES string of the molecule is Cc1cccc(S(=O)(=O)NCCC(=O)N[C@H]2CCN(c3ccccn3)C2)c1. The summed E-state index contributed by atoms with van der Waals surface area (Å²) in [6, 6.07) is 12.5. The maximum atomic E-state index is 12.3. The van der Waals surface area contributed by atoms with Crippen molar-refractivity contribution in [3.05, 3.63) is 54.2 Å². The Balaban J connectivity index is 1.44. The molecule has 2 N–H and O–H groups in total. The van der Waals surface area contributed by atoms with Crippen LogP contribution in [0.1, 0.15) is 18.4 Å². The number of hydrogen-bond donors (Lipinski definition) is 2. The molecule has 2 heterocycles. The van der Waals surface area contributed by atoms with Gasteiger partial charge in [0.1, 0.15) is 5.82 Å². The van der Waals surface area contributed by atoms with Crippen LogP contribution in [0, 0.1) is 6.92 Å². The van der Waals surface area contributed by atoms with Crippen LogP contribution in [-0.4, -0.2) is 45.0 Å². The number of amides is 1. The second-order valence-corrected chi connectivity index (χ2v) is 8.42. The first-order valence-corrected chi connectivity index (χ1v) is 10.4. The van der Waals surface area contributed by atoms with Crippen LogP contribution >= 0.6 is 0 Å². The van der Waals surface area contributed by atoms with Gasteiger partial charge in [0, 0.05) is 38.3 Å². The lowest BCUT2D eigenvalue weighted by Gasteiger charge is -2.17. The Morgan fingerprint density at radius 3 is 2.85 bits per heavy atom. The monoisotopic (exact) mass is 388 g/mol. The first kappa shape index (κ1) is 19.3. The predicted molar refractivity (Wildman–Crippen MR) is 104 cm³/mol. The molecule has 1 aromatic carbocycles. The number of aromatic nitrogens is 1. The third-order valence-electron chi connectivity index (χ3n) is 4.47. The molecule has 1 aliphatic rings. The normalized spacial score (nSPS) is 17.1. The van der Waals surface area contributed by atoms with Crippen molar-refractivity contribution < 1.29 is 13.2 Å². The summed E-state index contributed by atoms with van der Waals surface area (Å²) >= 11 is 0. The van der Waals surface area contributed by atoms with Crippen LogP contribution in [0.25, 0.3) is 0 Å². The number of benzene rings is 1. The van der Waals surface area contributed by atoms with Crippen molar-refractivity contribution in [1.29, 1.82) is 0 Å². The summed E-state index contributed by atoms with van der Waals surface area (Å²) < 4.78 is 27.0. The number of hydrogen-bond acceptors (Lipinski definition) is 5. The minimum absolute atomic E-state index is 0.0490. The van der Waals surface area contributed by atoms with Crippen molar-refractivity contribution in [3.63, 3.8) is 0 Å². The molecule has 144 valence electrons. The summed E-state index contributed by atoms with van der Waals surface area (Å²) in [6.45, 7) is 3.45. The molecular formula is C19H24N4O3S. The number of carbonyl (C=O) groups is 1. The molecule has 27 heavy (non-hydrogen) atoms. The smallest absolute Gasteiger partial charge is 0.240 e. The fraction of sp³-hybridized carbons (Fsp3) is 0.368. The zero-order chi connectivity index (χ0) is 19.3. The fourth-order valence-electron chi connectivity index (χ4n) is 3.09. The summed E-state index contributed by atoms with van der Waals surface area (Å²) in [4.78, 5) is 18.8. The Hall–Kier alpha value is -2.45. The number of rotatable bonds is 7. The molecule has 0 radical (unpaired) electrons. The molecule has 3 rings (SSSR count). The molecule has 1 aliphatic heterocycles.